The van der Waals surface area contributed by atoms with Gasteiger partial charge in [-0.3, -0.25) is 14.6 Å². The third-order valence-corrected chi connectivity index (χ3v) is 6.48. The molecule has 7 heteroatoms. The number of Topliss-reactive ketones (excluding diaryl/α,β-unsaturated/α-hetero) is 1. The van der Waals surface area contributed by atoms with Crippen LogP contribution in [0.2, 0.25) is 0 Å². The highest BCUT2D eigenvalue weighted by Gasteiger charge is 2.28. The molecule has 1 unspecified atom stereocenters. The lowest BCUT2D eigenvalue weighted by atomic mass is 10.0. The number of anilines is 2. The number of amides is 1. The number of nitrogens with zero attached hydrogens (tertiary/aromatic N) is 3. The standard InChI is InChI=1S/C30H23N5O2/c36-29(28-26-13-7-17-35(26)19-21-8-1-4-11-24(21)33-28)20-14-15-27(32-18-20)34-30(37)23-10-3-2-9-22(23)25-12-5-6-16-31-25/h1-18,28,33H,19H2,(H,32,34,37). The lowest BCUT2D eigenvalue weighted by Gasteiger charge is -2.18. The third kappa shape index (κ3) is 4.38. The molecule has 2 aromatic carbocycles. The van der Waals surface area contributed by atoms with Crippen LogP contribution in [0.25, 0.3) is 11.3 Å². The number of ketones is 1. The summed E-state index contributed by atoms with van der Waals surface area (Å²) < 4.78 is 2.09. The number of carbonyl (C=O) groups is 2. The van der Waals surface area contributed by atoms with Crippen LogP contribution in [0.15, 0.2) is 110 Å². The molecule has 7 nitrogen and oxygen atoms in total. The molecular weight excluding hydrogens is 462 g/mol. The maximum absolute atomic E-state index is 13.6. The number of hydrogen-bond donors (Lipinski definition) is 2. The van der Waals surface area contributed by atoms with Crippen LogP contribution in [-0.4, -0.2) is 26.2 Å². The number of rotatable bonds is 5. The summed E-state index contributed by atoms with van der Waals surface area (Å²) in [5.41, 5.74) is 5.34. The fourth-order valence-corrected chi connectivity index (χ4v) is 4.64. The summed E-state index contributed by atoms with van der Waals surface area (Å²) in [4.78, 5) is 35.4. The Morgan fingerprint density at radius 3 is 2.54 bits per heavy atom. The summed E-state index contributed by atoms with van der Waals surface area (Å²) in [6.07, 6.45) is 5.19. The Morgan fingerprint density at radius 2 is 1.70 bits per heavy atom. The summed E-state index contributed by atoms with van der Waals surface area (Å²) in [6.45, 7) is 0.693. The van der Waals surface area contributed by atoms with Gasteiger partial charge in [0.25, 0.3) is 5.91 Å². The summed E-state index contributed by atoms with van der Waals surface area (Å²) in [7, 11) is 0. The van der Waals surface area contributed by atoms with Gasteiger partial charge in [0.2, 0.25) is 0 Å². The molecule has 3 aromatic heterocycles. The quantitative estimate of drug-likeness (QED) is 0.317. The fraction of sp³-hybridized carbons (Fsp3) is 0.0667. The summed E-state index contributed by atoms with van der Waals surface area (Å²) in [5, 5.41) is 6.26. The number of hydrogen-bond acceptors (Lipinski definition) is 5. The van der Waals surface area contributed by atoms with Crippen molar-refractivity contribution >= 4 is 23.2 Å². The van der Waals surface area contributed by atoms with Crippen LogP contribution < -0.4 is 10.6 Å². The zero-order chi connectivity index (χ0) is 25.2. The zero-order valence-electron chi connectivity index (χ0n) is 19.8. The average Bonchev–Trinajstić information content (AvgIpc) is 3.34. The minimum Gasteiger partial charge on any atom is -0.370 e. The first-order valence-electron chi connectivity index (χ1n) is 12.0. The van der Waals surface area contributed by atoms with E-state index in [0.29, 0.717) is 29.2 Å². The van der Waals surface area contributed by atoms with Crippen molar-refractivity contribution in [1.29, 1.82) is 0 Å². The number of benzene rings is 2. The minimum absolute atomic E-state index is 0.0949. The molecule has 2 N–H and O–H groups in total. The highest BCUT2D eigenvalue weighted by atomic mass is 16.1. The van der Waals surface area contributed by atoms with Crippen LogP contribution in [-0.2, 0) is 6.54 Å². The van der Waals surface area contributed by atoms with Crippen molar-refractivity contribution in [2.75, 3.05) is 10.6 Å². The number of fused-ring (bicyclic) bond motifs is 2. The molecular formula is C30H23N5O2. The Morgan fingerprint density at radius 1 is 0.865 bits per heavy atom. The maximum atomic E-state index is 13.6. The van der Waals surface area contributed by atoms with E-state index in [-0.39, 0.29) is 11.7 Å². The van der Waals surface area contributed by atoms with Gasteiger partial charge in [0.05, 0.1) is 5.69 Å². The number of carbonyl (C=O) groups excluding carboxylic acids is 2. The molecule has 1 amide bonds. The van der Waals surface area contributed by atoms with Crippen molar-refractivity contribution in [2.45, 2.75) is 12.6 Å². The van der Waals surface area contributed by atoms with Crippen molar-refractivity contribution in [1.82, 2.24) is 14.5 Å². The molecule has 37 heavy (non-hydrogen) atoms. The second-order valence-electron chi connectivity index (χ2n) is 8.81. The van der Waals surface area contributed by atoms with Crippen LogP contribution in [0.4, 0.5) is 11.5 Å². The highest BCUT2D eigenvalue weighted by molar-refractivity contribution is 6.08. The molecule has 1 atom stereocenters. The first-order valence-corrected chi connectivity index (χ1v) is 12.0. The summed E-state index contributed by atoms with van der Waals surface area (Å²) in [6, 6.07) is 27.6. The van der Waals surface area contributed by atoms with Crippen LogP contribution in [0, 0.1) is 0 Å². The molecule has 180 valence electrons. The lowest BCUT2D eigenvalue weighted by molar-refractivity contribution is 0.0966. The van der Waals surface area contributed by atoms with E-state index in [2.05, 4.69) is 31.2 Å². The van der Waals surface area contributed by atoms with E-state index in [1.54, 1.807) is 24.4 Å². The van der Waals surface area contributed by atoms with E-state index < -0.39 is 6.04 Å². The van der Waals surface area contributed by atoms with Crippen molar-refractivity contribution in [3.8, 4) is 11.3 Å². The monoisotopic (exact) mass is 485 g/mol. The molecule has 0 saturated heterocycles. The van der Waals surface area contributed by atoms with Crippen LogP contribution >= 0.6 is 0 Å². The van der Waals surface area contributed by atoms with Gasteiger partial charge < -0.3 is 15.2 Å². The SMILES string of the molecule is O=C(Nc1ccc(C(=O)C2Nc3ccccc3Cn3cccc32)cn1)c1ccccc1-c1ccccn1. The Kier molecular flexibility index (Phi) is 5.78. The molecule has 0 spiro atoms. The van der Waals surface area contributed by atoms with E-state index in [0.717, 1.165) is 22.5 Å². The molecule has 0 bridgehead atoms. The van der Waals surface area contributed by atoms with Gasteiger partial charge in [-0.2, -0.15) is 0 Å². The maximum Gasteiger partial charge on any atom is 0.257 e. The molecule has 0 aliphatic carbocycles. The van der Waals surface area contributed by atoms with Gasteiger partial charge in [0, 0.05) is 53.2 Å². The molecule has 5 aromatic rings. The van der Waals surface area contributed by atoms with Gasteiger partial charge in [-0.1, -0.05) is 42.5 Å². The zero-order valence-corrected chi connectivity index (χ0v) is 19.8. The molecule has 1 aliphatic rings. The number of aromatic nitrogens is 3. The third-order valence-electron chi connectivity index (χ3n) is 6.48. The molecule has 0 saturated carbocycles. The van der Waals surface area contributed by atoms with Gasteiger partial charge in [-0.25, -0.2) is 4.98 Å². The molecule has 0 radical (unpaired) electrons. The van der Waals surface area contributed by atoms with E-state index in [1.807, 2.05) is 72.9 Å². The first kappa shape index (κ1) is 22.4. The van der Waals surface area contributed by atoms with E-state index >= 15 is 0 Å². The number of para-hydroxylation sites is 1. The smallest absolute Gasteiger partial charge is 0.257 e. The average molecular weight is 486 g/mol. The normalized spacial score (nSPS) is 14.0. The van der Waals surface area contributed by atoms with E-state index in [9.17, 15) is 9.59 Å². The second kappa shape index (κ2) is 9.54. The largest absolute Gasteiger partial charge is 0.370 e. The van der Waals surface area contributed by atoms with Gasteiger partial charge >= 0.3 is 0 Å². The predicted molar refractivity (Wildman–Crippen MR) is 143 cm³/mol. The van der Waals surface area contributed by atoms with Crippen molar-refractivity contribution in [3.63, 3.8) is 0 Å². The van der Waals surface area contributed by atoms with Gasteiger partial charge in [0.1, 0.15) is 11.9 Å². The van der Waals surface area contributed by atoms with E-state index in [4.69, 9.17) is 0 Å². The summed E-state index contributed by atoms with van der Waals surface area (Å²) >= 11 is 0. The topological polar surface area (TPSA) is 88.9 Å². The highest BCUT2D eigenvalue weighted by Crippen LogP contribution is 2.31. The van der Waals surface area contributed by atoms with Crippen LogP contribution in [0.1, 0.15) is 38.0 Å². The van der Waals surface area contributed by atoms with Crippen LogP contribution in [0.5, 0.6) is 0 Å². The van der Waals surface area contributed by atoms with Gasteiger partial charge in [0.15, 0.2) is 5.78 Å². The first-order chi connectivity index (χ1) is 18.2. The Hall–Kier alpha value is -5.04. The Balaban J connectivity index is 1.23. The Labute approximate surface area is 213 Å². The van der Waals surface area contributed by atoms with Crippen molar-refractivity contribution in [2.24, 2.45) is 0 Å². The number of pyridine rings is 2. The van der Waals surface area contributed by atoms with Gasteiger partial charge in [-0.15, -0.1) is 0 Å². The van der Waals surface area contributed by atoms with Gasteiger partial charge in [-0.05, 0) is 54.1 Å². The van der Waals surface area contributed by atoms with Crippen molar-refractivity contribution in [3.05, 3.63) is 132 Å². The molecule has 1 aliphatic heterocycles. The fourth-order valence-electron chi connectivity index (χ4n) is 4.64. The predicted octanol–water partition coefficient (Wildman–Crippen LogP) is 5.60. The van der Waals surface area contributed by atoms with Crippen LogP contribution in [0.3, 0.4) is 0 Å². The number of nitrogens with one attached hydrogen (secondary N) is 2. The molecule has 6 rings (SSSR count). The lowest BCUT2D eigenvalue weighted by Crippen LogP contribution is -2.22. The Bertz CT molecular complexity index is 1590. The summed E-state index contributed by atoms with van der Waals surface area (Å²) in [5.74, 6) is -0.0323. The molecule has 4 heterocycles. The van der Waals surface area contributed by atoms with Crippen molar-refractivity contribution < 1.29 is 9.59 Å². The second-order valence-corrected chi connectivity index (χ2v) is 8.81. The molecule has 0 fully saturated rings. The minimum atomic E-state index is -0.550. The van der Waals surface area contributed by atoms with E-state index in [1.165, 1.54) is 6.20 Å².